The zero-order valence-corrected chi connectivity index (χ0v) is 19.2. The molecule has 176 valence electrons. The van der Waals surface area contributed by atoms with Crippen LogP contribution in [-0.2, 0) is 19.6 Å². The number of benzene rings is 2. The summed E-state index contributed by atoms with van der Waals surface area (Å²) < 4.78 is 33.5. The van der Waals surface area contributed by atoms with Gasteiger partial charge in [-0.2, -0.15) is 0 Å². The Labute approximate surface area is 193 Å². The third kappa shape index (κ3) is 5.52. The van der Waals surface area contributed by atoms with Gasteiger partial charge in [0, 0.05) is 37.3 Å². The SMILES string of the molecule is COc1ccc(S(=O)(=O)N[C@@H]2C[C@H]3C(=O)NC[C@@H](CCC(=O)Nc4ccccc4)N3C2)cc1. The highest BCUT2D eigenvalue weighted by Crippen LogP contribution is 2.27. The highest BCUT2D eigenvalue weighted by molar-refractivity contribution is 7.89. The molecule has 2 aromatic rings. The van der Waals surface area contributed by atoms with Crippen molar-refractivity contribution < 1.29 is 22.7 Å². The van der Waals surface area contributed by atoms with Crippen molar-refractivity contribution in [3.63, 3.8) is 0 Å². The lowest BCUT2D eigenvalue weighted by molar-refractivity contribution is -0.129. The van der Waals surface area contributed by atoms with Gasteiger partial charge in [-0.1, -0.05) is 18.2 Å². The minimum atomic E-state index is -3.73. The van der Waals surface area contributed by atoms with Gasteiger partial charge >= 0.3 is 0 Å². The Bertz CT molecular complexity index is 1090. The minimum Gasteiger partial charge on any atom is -0.497 e. The van der Waals surface area contributed by atoms with Crippen LogP contribution in [0.15, 0.2) is 59.5 Å². The number of nitrogens with zero attached hydrogens (tertiary/aromatic N) is 1. The first kappa shape index (κ1) is 23.2. The summed E-state index contributed by atoms with van der Waals surface area (Å²) >= 11 is 0. The number of ether oxygens (including phenoxy) is 1. The Hall–Kier alpha value is -2.95. The fourth-order valence-electron chi connectivity index (χ4n) is 4.41. The molecule has 2 heterocycles. The zero-order chi connectivity index (χ0) is 23.4. The van der Waals surface area contributed by atoms with Gasteiger partial charge in [0.05, 0.1) is 18.0 Å². The molecule has 0 spiro atoms. The summed E-state index contributed by atoms with van der Waals surface area (Å²) in [4.78, 5) is 26.9. The number of para-hydroxylation sites is 1. The Kier molecular flexibility index (Phi) is 6.96. The van der Waals surface area contributed by atoms with Gasteiger partial charge in [-0.05, 0) is 49.2 Å². The molecule has 4 rings (SSSR count). The molecule has 3 N–H and O–H groups in total. The van der Waals surface area contributed by atoms with Gasteiger partial charge in [-0.25, -0.2) is 13.1 Å². The number of rotatable bonds is 8. The number of fused-ring (bicyclic) bond motifs is 1. The van der Waals surface area contributed by atoms with E-state index in [1.807, 2.05) is 35.2 Å². The van der Waals surface area contributed by atoms with Crippen LogP contribution in [0.3, 0.4) is 0 Å². The van der Waals surface area contributed by atoms with Crippen LogP contribution >= 0.6 is 0 Å². The molecule has 2 aliphatic rings. The lowest BCUT2D eigenvalue weighted by atomic mass is 10.0. The van der Waals surface area contributed by atoms with Crippen LogP contribution in [0.1, 0.15) is 19.3 Å². The minimum absolute atomic E-state index is 0.0373. The second-order valence-corrected chi connectivity index (χ2v) is 10.0. The molecule has 0 aromatic heterocycles. The first-order chi connectivity index (χ1) is 15.9. The summed E-state index contributed by atoms with van der Waals surface area (Å²) in [6, 6.07) is 14.6. The van der Waals surface area contributed by atoms with E-state index < -0.39 is 22.1 Å². The monoisotopic (exact) mass is 472 g/mol. The van der Waals surface area contributed by atoms with Gasteiger partial charge in [0.1, 0.15) is 5.75 Å². The normalized spacial score (nSPS) is 22.9. The van der Waals surface area contributed by atoms with Crippen molar-refractivity contribution in [2.24, 2.45) is 0 Å². The van der Waals surface area contributed by atoms with E-state index in [0.717, 1.165) is 5.69 Å². The second-order valence-electron chi connectivity index (χ2n) is 8.29. The second kappa shape index (κ2) is 9.90. The number of carbonyl (C=O) groups excluding carboxylic acids is 2. The highest BCUT2D eigenvalue weighted by Gasteiger charge is 2.44. The molecule has 2 aromatic carbocycles. The number of methoxy groups -OCH3 is 1. The molecule has 2 fully saturated rings. The van der Waals surface area contributed by atoms with Crippen molar-refractivity contribution in [2.75, 3.05) is 25.5 Å². The van der Waals surface area contributed by atoms with E-state index in [1.54, 1.807) is 12.1 Å². The first-order valence-corrected chi connectivity index (χ1v) is 12.4. The number of anilines is 1. The van der Waals surface area contributed by atoms with Gasteiger partial charge in [-0.3, -0.25) is 14.5 Å². The summed E-state index contributed by atoms with van der Waals surface area (Å²) in [5.41, 5.74) is 0.742. The Balaban J connectivity index is 1.36. The molecular formula is C23H28N4O5S. The van der Waals surface area contributed by atoms with Crippen LogP contribution in [-0.4, -0.2) is 63.5 Å². The van der Waals surface area contributed by atoms with Crippen LogP contribution in [0.5, 0.6) is 5.75 Å². The largest absolute Gasteiger partial charge is 0.497 e. The molecule has 33 heavy (non-hydrogen) atoms. The molecule has 2 aliphatic heterocycles. The Morgan fingerprint density at radius 3 is 2.58 bits per heavy atom. The summed E-state index contributed by atoms with van der Waals surface area (Å²) in [5, 5.41) is 5.77. The maximum atomic E-state index is 12.8. The fourth-order valence-corrected chi connectivity index (χ4v) is 5.65. The smallest absolute Gasteiger partial charge is 0.240 e. The summed E-state index contributed by atoms with van der Waals surface area (Å²) in [6.45, 7) is 0.852. The van der Waals surface area contributed by atoms with Crippen LogP contribution in [0, 0.1) is 0 Å². The molecule has 3 atom stereocenters. The summed E-state index contributed by atoms with van der Waals surface area (Å²) in [6.07, 6.45) is 1.25. The number of carbonyl (C=O) groups is 2. The molecular weight excluding hydrogens is 444 g/mol. The molecule has 2 amide bonds. The number of hydrogen-bond donors (Lipinski definition) is 3. The van der Waals surface area contributed by atoms with Crippen molar-refractivity contribution in [2.45, 2.75) is 42.3 Å². The van der Waals surface area contributed by atoms with Crippen LogP contribution in [0.25, 0.3) is 0 Å². The average molecular weight is 473 g/mol. The van der Waals surface area contributed by atoms with Crippen molar-refractivity contribution in [3.05, 3.63) is 54.6 Å². The molecule has 2 saturated heterocycles. The van der Waals surface area contributed by atoms with Crippen molar-refractivity contribution in [1.29, 1.82) is 0 Å². The van der Waals surface area contributed by atoms with Crippen molar-refractivity contribution in [3.8, 4) is 5.75 Å². The van der Waals surface area contributed by atoms with Crippen LogP contribution in [0.4, 0.5) is 5.69 Å². The molecule has 9 nitrogen and oxygen atoms in total. The average Bonchev–Trinajstić information content (AvgIpc) is 3.23. The lowest BCUT2D eigenvalue weighted by Gasteiger charge is -2.37. The predicted molar refractivity (Wildman–Crippen MR) is 123 cm³/mol. The maximum absolute atomic E-state index is 12.8. The standard InChI is InChI=1S/C23H28N4O5S/c1-32-19-8-10-20(11-9-19)33(30,31)26-17-13-21-23(29)24-14-18(27(21)15-17)7-12-22(28)25-16-5-3-2-4-6-16/h2-6,8-11,17-18,21,26H,7,12-15H2,1H3,(H,24,29)(H,25,28)/t17-,18-,21+/m1/s1. The van der Waals surface area contributed by atoms with E-state index >= 15 is 0 Å². The number of hydrogen-bond acceptors (Lipinski definition) is 6. The van der Waals surface area contributed by atoms with E-state index in [1.165, 1.54) is 19.2 Å². The van der Waals surface area contributed by atoms with E-state index in [0.29, 0.717) is 38.1 Å². The molecule has 0 unspecified atom stereocenters. The molecule has 0 aliphatic carbocycles. The van der Waals surface area contributed by atoms with E-state index in [4.69, 9.17) is 4.74 Å². The third-order valence-corrected chi connectivity index (χ3v) is 7.61. The van der Waals surface area contributed by atoms with Crippen molar-refractivity contribution >= 4 is 27.5 Å². The summed E-state index contributed by atoms with van der Waals surface area (Å²) in [7, 11) is -2.22. The van der Waals surface area contributed by atoms with Gasteiger partial charge < -0.3 is 15.4 Å². The van der Waals surface area contributed by atoms with Gasteiger partial charge in [0.2, 0.25) is 21.8 Å². The van der Waals surface area contributed by atoms with Crippen molar-refractivity contribution in [1.82, 2.24) is 14.9 Å². The maximum Gasteiger partial charge on any atom is 0.240 e. The van der Waals surface area contributed by atoms with E-state index in [9.17, 15) is 18.0 Å². The van der Waals surface area contributed by atoms with Crippen LogP contribution in [0.2, 0.25) is 0 Å². The van der Waals surface area contributed by atoms with Gasteiger partial charge in [-0.15, -0.1) is 0 Å². The van der Waals surface area contributed by atoms with Crippen LogP contribution < -0.4 is 20.1 Å². The lowest BCUT2D eigenvalue weighted by Crippen LogP contribution is -2.57. The predicted octanol–water partition coefficient (Wildman–Crippen LogP) is 1.33. The third-order valence-electron chi connectivity index (χ3n) is 6.08. The number of nitrogens with one attached hydrogen (secondary N) is 3. The molecule has 0 radical (unpaired) electrons. The first-order valence-electron chi connectivity index (χ1n) is 10.9. The van der Waals surface area contributed by atoms with Gasteiger partial charge in [0.15, 0.2) is 0 Å². The van der Waals surface area contributed by atoms with Gasteiger partial charge in [0.25, 0.3) is 0 Å². The number of amides is 2. The Morgan fingerprint density at radius 2 is 1.88 bits per heavy atom. The number of sulfonamides is 1. The molecule has 10 heteroatoms. The Morgan fingerprint density at radius 1 is 1.15 bits per heavy atom. The molecule has 0 bridgehead atoms. The zero-order valence-electron chi connectivity index (χ0n) is 18.4. The molecule has 0 saturated carbocycles. The van der Waals surface area contributed by atoms with E-state index in [2.05, 4.69) is 15.4 Å². The van der Waals surface area contributed by atoms with E-state index in [-0.39, 0.29) is 22.8 Å². The highest BCUT2D eigenvalue weighted by atomic mass is 32.2. The topological polar surface area (TPSA) is 117 Å². The fraction of sp³-hybridized carbons (Fsp3) is 0.391. The number of piperazine rings is 1. The summed E-state index contributed by atoms with van der Waals surface area (Å²) in [5.74, 6) is 0.375. The quantitative estimate of drug-likeness (QED) is 0.534.